The molecule has 2 rings (SSSR count). The average Bonchev–Trinajstić information content (AvgIpc) is 2.74. The molecule has 0 aliphatic carbocycles. The van der Waals surface area contributed by atoms with Gasteiger partial charge >= 0.3 is 0 Å². The number of hydrogen-bond acceptors (Lipinski definition) is 5. The minimum atomic E-state index is -0.466. The minimum Gasteiger partial charge on any atom is -0.491 e. The summed E-state index contributed by atoms with van der Waals surface area (Å²) in [6.07, 6.45) is -0.0498. The zero-order valence-corrected chi connectivity index (χ0v) is 17.4. The highest BCUT2D eigenvalue weighted by Crippen LogP contribution is 2.16. The highest BCUT2D eigenvalue weighted by Gasteiger charge is 2.11. The van der Waals surface area contributed by atoms with Crippen LogP contribution in [-0.2, 0) is 14.3 Å². The number of carbonyl (C=O) groups excluding carboxylic acids is 3. The Hall–Kier alpha value is -3.39. The number of methoxy groups -OCH3 is 1. The van der Waals surface area contributed by atoms with Crippen LogP contribution >= 0.6 is 0 Å². The fourth-order valence-corrected chi connectivity index (χ4v) is 2.52. The molecular formula is C22H27N3O5. The van der Waals surface area contributed by atoms with Gasteiger partial charge in [0.05, 0.1) is 6.61 Å². The highest BCUT2D eigenvalue weighted by atomic mass is 16.5. The van der Waals surface area contributed by atoms with Crippen LogP contribution in [0.4, 0.5) is 5.69 Å². The first-order valence-electron chi connectivity index (χ1n) is 9.57. The van der Waals surface area contributed by atoms with E-state index in [1.807, 2.05) is 32.0 Å². The monoisotopic (exact) mass is 413 g/mol. The summed E-state index contributed by atoms with van der Waals surface area (Å²) >= 11 is 0. The maximum absolute atomic E-state index is 12.1. The Morgan fingerprint density at radius 1 is 0.867 bits per heavy atom. The van der Waals surface area contributed by atoms with Gasteiger partial charge in [-0.15, -0.1) is 0 Å². The second kappa shape index (κ2) is 11.6. The third-order valence-electron chi connectivity index (χ3n) is 4.23. The van der Waals surface area contributed by atoms with Gasteiger partial charge in [0.15, 0.2) is 0 Å². The Balaban J connectivity index is 1.72. The number of anilines is 1. The smallest absolute Gasteiger partial charge is 0.269 e. The van der Waals surface area contributed by atoms with E-state index in [0.717, 1.165) is 16.8 Å². The van der Waals surface area contributed by atoms with E-state index in [9.17, 15) is 14.4 Å². The van der Waals surface area contributed by atoms with E-state index in [0.29, 0.717) is 24.5 Å². The number of rotatable bonds is 9. The number of amides is 3. The molecule has 8 heteroatoms. The summed E-state index contributed by atoms with van der Waals surface area (Å²) in [6, 6.07) is 12.2. The van der Waals surface area contributed by atoms with Crippen molar-refractivity contribution in [3.8, 4) is 5.75 Å². The molecule has 8 nitrogen and oxygen atoms in total. The van der Waals surface area contributed by atoms with Crippen LogP contribution in [0.2, 0.25) is 0 Å². The molecule has 0 saturated heterocycles. The fraction of sp³-hybridized carbons (Fsp3) is 0.318. The molecule has 0 heterocycles. The van der Waals surface area contributed by atoms with Crippen LogP contribution in [0.1, 0.15) is 34.3 Å². The number of aryl methyl sites for hydroxylation is 2. The Morgan fingerprint density at radius 2 is 1.57 bits per heavy atom. The second-order valence-corrected chi connectivity index (χ2v) is 6.73. The van der Waals surface area contributed by atoms with Gasteiger partial charge < -0.3 is 14.8 Å². The van der Waals surface area contributed by atoms with E-state index in [1.54, 1.807) is 31.4 Å². The fourth-order valence-electron chi connectivity index (χ4n) is 2.52. The van der Waals surface area contributed by atoms with Crippen LogP contribution in [0.3, 0.4) is 0 Å². The normalized spacial score (nSPS) is 10.2. The van der Waals surface area contributed by atoms with Gasteiger partial charge in [-0.2, -0.15) is 0 Å². The molecule has 0 bridgehead atoms. The zero-order valence-electron chi connectivity index (χ0n) is 17.4. The molecule has 0 radical (unpaired) electrons. The number of hydrogen-bond donors (Lipinski definition) is 3. The van der Waals surface area contributed by atoms with Crippen molar-refractivity contribution in [2.75, 3.05) is 25.6 Å². The van der Waals surface area contributed by atoms with Crippen LogP contribution in [0, 0.1) is 13.8 Å². The standard InChI is InChI=1S/C22H27N3O5/c1-15-4-5-16(2)19(14-15)23-20(26)10-11-21(27)24-25-22(28)17-6-8-18(9-7-17)30-13-12-29-3/h4-9,14H,10-13H2,1-3H3,(H,23,26)(H,24,27)(H,25,28). The van der Waals surface area contributed by atoms with Crippen LogP contribution in [0.5, 0.6) is 5.75 Å². The molecule has 30 heavy (non-hydrogen) atoms. The van der Waals surface area contributed by atoms with Crippen molar-refractivity contribution in [2.24, 2.45) is 0 Å². The van der Waals surface area contributed by atoms with Gasteiger partial charge in [0.25, 0.3) is 5.91 Å². The Morgan fingerprint density at radius 3 is 2.27 bits per heavy atom. The molecule has 0 fully saturated rings. The Labute approximate surface area is 175 Å². The van der Waals surface area contributed by atoms with Gasteiger partial charge in [-0.3, -0.25) is 25.2 Å². The molecule has 160 valence electrons. The lowest BCUT2D eigenvalue weighted by Gasteiger charge is -2.10. The lowest BCUT2D eigenvalue weighted by atomic mass is 10.1. The topological polar surface area (TPSA) is 106 Å². The minimum absolute atomic E-state index is 0.00258. The lowest BCUT2D eigenvalue weighted by Crippen LogP contribution is -2.41. The van der Waals surface area contributed by atoms with Crippen LogP contribution < -0.4 is 20.9 Å². The summed E-state index contributed by atoms with van der Waals surface area (Å²) < 4.78 is 10.3. The van der Waals surface area contributed by atoms with Gasteiger partial charge in [0.2, 0.25) is 11.8 Å². The number of benzene rings is 2. The largest absolute Gasteiger partial charge is 0.491 e. The molecule has 0 saturated carbocycles. The van der Waals surface area contributed by atoms with Crippen molar-refractivity contribution in [3.63, 3.8) is 0 Å². The maximum atomic E-state index is 12.1. The molecule has 0 unspecified atom stereocenters. The molecule has 0 aliphatic heterocycles. The third-order valence-corrected chi connectivity index (χ3v) is 4.23. The van der Waals surface area contributed by atoms with E-state index in [1.165, 1.54) is 0 Å². The van der Waals surface area contributed by atoms with E-state index in [2.05, 4.69) is 16.2 Å². The average molecular weight is 413 g/mol. The molecule has 0 aliphatic rings. The first-order valence-corrected chi connectivity index (χ1v) is 9.57. The number of carbonyl (C=O) groups is 3. The third kappa shape index (κ3) is 7.56. The number of ether oxygens (including phenoxy) is 2. The van der Waals surface area contributed by atoms with Crippen molar-refractivity contribution in [1.29, 1.82) is 0 Å². The molecule has 2 aromatic carbocycles. The first-order chi connectivity index (χ1) is 14.4. The molecular weight excluding hydrogens is 386 g/mol. The van der Waals surface area contributed by atoms with Crippen molar-refractivity contribution in [3.05, 3.63) is 59.2 Å². The Kier molecular flexibility index (Phi) is 8.83. The van der Waals surface area contributed by atoms with E-state index in [4.69, 9.17) is 9.47 Å². The van der Waals surface area contributed by atoms with Gasteiger partial charge in [0, 0.05) is 31.2 Å². The van der Waals surface area contributed by atoms with Crippen molar-refractivity contribution in [1.82, 2.24) is 10.9 Å². The summed E-state index contributed by atoms with van der Waals surface area (Å²) in [5.41, 5.74) is 7.71. The van der Waals surface area contributed by atoms with Gasteiger partial charge in [-0.25, -0.2) is 0 Å². The van der Waals surface area contributed by atoms with Crippen LogP contribution in [-0.4, -0.2) is 38.0 Å². The summed E-state index contributed by atoms with van der Waals surface area (Å²) in [7, 11) is 1.59. The van der Waals surface area contributed by atoms with Gasteiger partial charge in [0.1, 0.15) is 12.4 Å². The molecule has 3 amide bonds. The first kappa shape index (κ1) is 22.9. The Bertz CT molecular complexity index is 881. The summed E-state index contributed by atoms with van der Waals surface area (Å²) in [5.74, 6) is -0.581. The molecule has 0 spiro atoms. The van der Waals surface area contributed by atoms with Crippen molar-refractivity contribution >= 4 is 23.4 Å². The maximum Gasteiger partial charge on any atom is 0.269 e. The van der Waals surface area contributed by atoms with Crippen LogP contribution in [0.15, 0.2) is 42.5 Å². The van der Waals surface area contributed by atoms with Crippen molar-refractivity contribution < 1.29 is 23.9 Å². The predicted molar refractivity (Wildman–Crippen MR) is 113 cm³/mol. The van der Waals surface area contributed by atoms with Gasteiger partial charge in [-0.05, 0) is 55.3 Å². The predicted octanol–water partition coefficient (Wildman–Crippen LogP) is 2.51. The van der Waals surface area contributed by atoms with Crippen LogP contribution in [0.25, 0.3) is 0 Å². The quantitative estimate of drug-likeness (QED) is 0.433. The zero-order chi connectivity index (χ0) is 21.9. The SMILES string of the molecule is COCCOc1ccc(C(=O)NNC(=O)CCC(=O)Nc2cc(C)ccc2C)cc1. The van der Waals surface area contributed by atoms with Crippen molar-refractivity contribution in [2.45, 2.75) is 26.7 Å². The summed E-state index contributed by atoms with van der Waals surface area (Å²) in [5, 5.41) is 2.79. The number of hydrazine groups is 1. The van der Waals surface area contributed by atoms with E-state index < -0.39 is 11.8 Å². The van der Waals surface area contributed by atoms with E-state index in [-0.39, 0.29) is 18.7 Å². The molecule has 0 atom stereocenters. The summed E-state index contributed by atoms with van der Waals surface area (Å²) in [6.45, 7) is 4.72. The molecule has 2 aromatic rings. The molecule has 3 N–H and O–H groups in total. The van der Waals surface area contributed by atoms with Gasteiger partial charge in [-0.1, -0.05) is 12.1 Å². The molecule has 0 aromatic heterocycles. The lowest BCUT2D eigenvalue weighted by molar-refractivity contribution is -0.124. The second-order valence-electron chi connectivity index (χ2n) is 6.73. The summed E-state index contributed by atoms with van der Waals surface area (Å²) in [4.78, 5) is 36.1. The van der Waals surface area contributed by atoms with E-state index >= 15 is 0 Å². The highest BCUT2D eigenvalue weighted by molar-refractivity contribution is 5.96. The number of nitrogens with one attached hydrogen (secondary N) is 3.